The quantitative estimate of drug-likeness (QED) is 0.0261. The molecule has 1 heterocycles. The predicted octanol–water partition coefficient (Wildman–Crippen LogP) is 14.0. The van der Waals surface area contributed by atoms with Gasteiger partial charge in [-0.1, -0.05) is 257 Å². The van der Waals surface area contributed by atoms with Crippen LogP contribution in [0.1, 0.15) is 290 Å². The molecule has 7 atom stereocenters. The van der Waals surface area contributed by atoms with Crippen molar-refractivity contribution >= 4 is 5.91 Å². The SMILES string of the molecule is CCCCCCCCCC/C=C\CCCCCCCCCCCCCCCCCCCCCC(=O)NC(COC1OC(CO)C(O)C(O)C1O)C(O)CCCCCCCCCCCCCC. The first-order chi connectivity index (χ1) is 32.3. The van der Waals surface area contributed by atoms with Gasteiger partial charge >= 0.3 is 0 Å². The lowest BCUT2D eigenvalue weighted by atomic mass is 9.99. The van der Waals surface area contributed by atoms with Crippen molar-refractivity contribution in [2.45, 2.75) is 333 Å². The summed E-state index contributed by atoms with van der Waals surface area (Å²) in [5, 5.41) is 54.5. The third kappa shape index (κ3) is 36.9. The first-order valence-corrected chi connectivity index (χ1v) is 28.9. The molecular formula is C57H111NO8. The summed E-state index contributed by atoms with van der Waals surface area (Å²) in [6.45, 7) is 3.86. The molecule has 0 saturated carbocycles. The zero-order valence-corrected chi connectivity index (χ0v) is 43.5. The van der Waals surface area contributed by atoms with Gasteiger partial charge in [-0.3, -0.25) is 4.79 Å². The van der Waals surface area contributed by atoms with Gasteiger partial charge in [-0.15, -0.1) is 0 Å². The number of hydrogen-bond acceptors (Lipinski definition) is 8. The minimum absolute atomic E-state index is 0.133. The normalized spacial score (nSPS) is 19.8. The van der Waals surface area contributed by atoms with Gasteiger partial charge in [0.05, 0.1) is 25.4 Å². The molecule has 1 fully saturated rings. The number of unbranched alkanes of at least 4 members (excludes halogenated alkanes) is 38. The number of nitrogens with one attached hydrogen (secondary N) is 1. The van der Waals surface area contributed by atoms with E-state index in [0.29, 0.717) is 12.8 Å². The van der Waals surface area contributed by atoms with Gasteiger partial charge < -0.3 is 40.3 Å². The summed E-state index contributed by atoms with van der Waals surface area (Å²) in [6, 6.07) is -0.714. The fourth-order valence-corrected chi connectivity index (χ4v) is 9.51. The van der Waals surface area contributed by atoms with Gasteiger partial charge in [0.1, 0.15) is 24.4 Å². The maximum absolute atomic E-state index is 13.0. The smallest absolute Gasteiger partial charge is 0.220 e. The molecule has 9 heteroatoms. The van der Waals surface area contributed by atoms with E-state index in [1.54, 1.807) is 0 Å². The van der Waals surface area contributed by atoms with Crippen molar-refractivity contribution < 1.29 is 39.8 Å². The number of carbonyl (C=O) groups excluding carboxylic acids is 1. The van der Waals surface area contributed by atoms with E-state index in [1.165, 1.54) is 225 Å². The molecule has 1 saturated heterocycles. The second kappa shape index (κ2) is 47.6. The van der Waals surface area contributed by atoms with Crippen molar-refractivity contribution in [2.75, 3.05) is 13.2 Å². The third-order valence-electron chi connectivity index (χ3n) is 14.1. The molecule has 0 aromatic heterocycles. The van der Waals surface area contributed by atoms with Crippen LogP contribution in [0.2, 0.25) is 0 Å². The number of ether oxygens (including phenoxy) is 2. The highest BCUT2D eigenvalue weighted by molar-refractivity contribution is 5.76. The monoisotopic (exact) mass is 938 g/mol. The molecule has 1 aliphatic heterocycles. The number of amides is 1. The minimum Gasteiger partial charge on any atom is -0.394 e. The Hall–Kier alpha value is -1.07. The minimum atomic E-state index is -1.55. The zero-order chi connectivity index (χ0) is 48.0. The van der Waals surface area contributed by atoms with Crippen LogP contribution < -0.4 is 5.32 Å². The summed E-state index contributed by atoms with van der Waals surface area (Å²) in [5.41, 5.74) is 0. The summed E-state index contributed by atoms with van der Waals surface area (Å²) in [5.74, 6) is -0.139. The molecule has 1 rings (SSSR count). The molecule has 1 amide bonds. The lowest BCUT2D eigenvalue weighted by Gasteiger charge is -2.40. The lowest BCUT2D eigenvalue weighted by Crippen LogP contribution is -2.60. The van der Waals surface area contributed by atoms with E-state index in [1.807, 2.05) is 0 Å². The molecule has 0 bridgehead atoms. The van der Waals surface area contributed by atoms with Crippen LogP contribution in [0.4, 0.5) is 0 Å². The van der Waals surface area contributed by atoms with Crippen molar-refractivity contribution in [3.63, 3.8) is 0 Å². The largest absolute Gasteiger partial charge is 0.394 e. The van der Waals surface area contributed by atoms with Gasteiger partial charge in [0, 0.05) is 6.42 Å². The maximum Gasteiger partial charge on any atom is 0.220 e. The van der Waals surface area contributed by atoms with E-state index in [0.717, 1.165) is 38.5 Å². The standard InChI is InChI=1S/C57H111NO8/c1-3-5-7-9-11-13-15-17-18-19-20-21-22-23-24-25-26-27-28-29-30-31-32-33-34-35-37-39-41-43-45-47-53(61)58-50(49-65-57-56(64)55(63)54(62)52(48-59)66-57)51(60)46-44-42-40-38-36-16-14-12-10-8-6-4-2/h19-20,50-52,54-57,59-60,62-64H,3-18,21-49H2,1-2H3,(H,58,61)/b20-19-. The van der Waals surface area contributed by atoms with E-state index in [-0.39, 0.29) is 12.5 Å². The van der Waals surface area contributed by atoms with E-state index < -0.39 is 49.5 Å². The number of aliphatic hydroxyl groups is 5. The van der Waals surface area contributed by atoms with Crippen LogP contribution in [0, 0.1) is 0 Å². The fourth-order valence-electron chi connectivity index (χ4n) is 9.51. The average molecular weight is 939 g/mol. The van der Waals surface area contributed by atoms with Gasteiger partial charge in [-0.25, -0.2) is 0 Å². The Balaban J connectivity index is 2.09. The molecule has 0 aliphatic carbocycles. The van der Waals surface area contributed by atoms with Gasteiger partial charge in [0.2, 0.25) is 5.91 Å². The van der Waals surface area contributed by atoms with E-state index >= 15 is 0 Å². The number of allylic oxidation sites excluding steroid dienone is 2. The summed E-state index contributed by atoms with van der Waals surface area (Å²) in [7, 11) is 0. The van der Waals surface area contributed by atoms with Gasteiger partial charge in [0.25, 0.3) is 0 Å². The van der Waals surface area contributed by atoms with Crippen LogP contribution in [-0.4, -0.2) is 87.5 Å². The van der Waals surface area contributed by atoms with Crippen LogP contribution in [0.5, 0.6) is 0 Å². The second-order valence-electron chi connectivity index (χ2n) is 20.4. The second-order valence-corrected chi connectivity index (χ2v) is 20.4. The highest BCUT2D eigenvalue weighted by atomic mass is 16.7. The van der Waals surface area contributed by atoms with E-state index in [2.05, 4.69) is 31.3 Å². The summed E-state index contributed by atoms with van der Waals surface area (Å²) < 4.78 is 11.3. The molecule has 392 valence electrons. The number of hydrogen-bond donors (Lipinski definition) is 6. The van der Waals surface area contributed by atoms with Crippen molar-refractivity contribution in [2.24, 2.45) is 0 Å². The van der Waals surface area contributed by atoms with Crippen LogP contribution in [0.25, 0.3) is 0 Å². The van der Waals surface area contributed by atoms with Gasteiger partial charge in [-0.2, -0.15) is 0 Å². The Morgan fingerprint density at radius 1 is 0.500 bits per heavy atom. The van der Waals surface area contributed by atoms with Crippen molar-refractivity contribution in [1.82, 2.24) is 5.32 Å². The van der Waals surface area contributed by atoms with Crippen LogP contribution in [0.15, 0.2) is 12.2 Å². The first kappa shape index (κ1) is 62.9. The molecule has 0 spiro atoms. The Bertz CT molecular complexity index is 1040. The number of rotatable bonds is 50. The predicted molar refractivity (Wildman–Crippen MR) is 277 cm³/mol. The van der Waals surface area contributed by atoms with Crippen LogP contribution in [0.3, 0.4) is 0 Å². The average Bonchev–Trinajstić information content (AvgIpc) is 3.32. The highest BCUT2D eigenvalue weighted by Gasteiger charge is 2.44. The molecule has 0 aromatic carbocycles. The fraction of sp³-hybridized carbons (Fsp3) is 0.947. The molecule has 7 unspecified atom stereocenters. The third-order valence-corrected chi connectivity index (χ3v) is 14.1. The molecular weight excluding hydrogens is 827 g/mol. The van der Waals surface area contributed by atoms with Crippen molar-refractivity contribution in [1.29, 1.82) is 0 Å². The summed E-state index contributed by atoms with van der Waals surface area (Å²) >= 11 is 0. The Labute approximate surface area is 407 Å². The molecule has 0 radical (unpaired) electrons. The van der Waals surface area contributed by atoms with Gasteiger partial charge in [0.15, 0.2) is 6.29 Å². The van der Waals surface area contributed by atoms with Crippen LogP contribution >= 0.6 is 0 Å². The van der Waals surface area contributed by atoms with Crippen molar-refractivity contribution in [3.8, 4) is 0 Å². The molecule has 6 N–H and O–H groups in total. The molecule has 9 nitrogen and oxygen atoms in total. The lowest BCUT2D eigenvalue weighted by molar-refractivity contribution is -0.302. The maximum atomic E-state index is 13.0. The Kier molecular flexibility index (Phi) is 45.4. The summed E-state index contributed by atoms with van der Waals surface area (Å²) in [4.78, 5) is 13.0. The number of aliphatic hydroxyl groups excluding tert-OH is 5. The van der Waals surface area contributed by atoms with Crippen molar-refractivity contribution in [3.05, 3.63) is 12.2 Å². The van der Waals surface area contributed by atoms with E-state index in [9.17, 15) is 30.3 Å². The highest BCUT2D eigenvalue weighted by Crippen LogP contribution is 2.23. The topological polar surface area (TPSA) is 149 Å². The van der Waals surface area contributed by atoms with Crippen LogP contribution in [-0.2, 0) is 14.3 Å². The Morgan fingerprint density at radius 2 is 0.848 bits per heavy atom. The number of carbonyl (C=O) groups is 1. The zero-order valence-electron chi connectivity index (χ0n) is 43.5. The Morgan fingerprint density at radius 3 is 1.23 bits per heavy atom. The molecule has 66 heavy (non-hydrogen) atoms. The van der Waals surface area contributed by atoms with E-state index in [4.69, 9.17) is 9.47 Å². The molecule has 1 aliphatic rings. The molecule has 0 aromatic rings. The summed E-state index contributed by atoms with van der Waals surface area (Å²) in [6.07, 6.45) is 51.2. The van der Waals surface area contributed by atoms with Gasteiger partial charge in [-0.05, 0) is 38.5 Å². The first-order valence-electron chi connectivity index (χ1n) is 28.9.